The molecule has 5 N–H and O–H groups in total. The maximum absolute atomic E-state index is 11.5. The predicted molar refractivity (Wildman–Crippen MR) is 100 cm³/mol. The van der Waals surface area contributed by atoms with Crippen molar-refractivity contribution in [3.63, 3.8) is 0 Å². The van der Waals surface area contributed by atoms with E-state index in [1.165, 1.54) is 0 Å². The molecule has 8 heteroatoms. The Morgan fingerprint density at radius 1 is 1.00 bits per heavy atom. The van der Waals surface area contributed by atoms with Gasteiger partial charge in [0.25, 0.3) is 0 Å². The van der Waals surface area contributed by atoms with Crippen LogP contribution in [0.15, 0.2) is 24.3 Å². The lowest BCUT2D eigenvalue weighted by Crippen LogP contribution is -2.42. The average molecular weight is 382 g/mol. The van der Waals surface area contributed by atoms with Gasteiger partial charge in [-0.1, -0.05) is 24.3 Å². The van der Waals surface area contributed by atoms with Crippen LogP contribution in [0, 0.1) is 11.8 Å². The molecule has 152 valence electrons. The van der Waals surface area contributed by atoms with Gasteiger partial charge in [-0.15, -0.1) is 0 Å². The fourth-order valence-electron chi connectivity index (χ4n) is 3.15. The molecule has 2 aliphatic carbocycles. The fraction of sp³-hybridized carbons (Fsp3) is 0.632. The van der Waals surface area contributed by atoms with Crippen LogP contribution in [0.1, 0.15) is 46.5 Å². The highest BCUT2D eigenvalue weighted by molar-refractivity contribution is 5.75. The molecule has 0 aromatic rings. The van der Waals surface area contributed by atoms with Crippen LogP contribution in [0.4, 0.5) is 4.79 Å². The Morgan fingerprint density at radius 2 is 1.48 bits per heavy atom. The quantitative estimate of drug-likeness (QED) is 0.549. The van der Waals surface area contributed by atoms with Crippen LogP contribution in [-0.4, -0.2) is 45.9 Å². The number of hydrogen-bond acceptors (Lipinski definition) is 5. The molecule has 2 rings (SSSR count). The van der Waals surface area contributed by atoms with Gasteiger partial charge in [0, 0.05) is 12.1 Å². The van der Waals surface area contributed by atoms with Crippen LogP contribution in [0.5, 0.6) is 0 Å². The van der Waals surface area contributed by atoms with Gasteiger partial charge in [-0.3, -0.25) is 9.59 Å². The Hall–Kier alpha value is -2.35. The van der Waals surface area contributed by atoms with Crippen molar-refractivity contribution in [1.82, 2.24) is 5.32 Å². The van der Waals surface area contributed by atoms with Crippen LogP contribution in [0.2, 0.25) is 0 Å². The third-order valence-electron chi connectivity index (χ3n) is 4.39. The van der Waals surface area contributed by atoms with Crippen molar-refractivity contribution in [2.75, 3.05) is 0 Å². The summed E-state index contributed by atoms with van der Waals surface area (Å²) in [5.74, 6) is -2.71. The van der Waals surface area contributed by atoms with E-state index >= 15 is 0 Å². The second kappa shape index (κ2) is 9.03. The summed E-state index contributed by atoms with van der Waals surface area (Å²) < 4.78 is 5.09. The van der Waals surface area contributed by atoms with E-state index in [0.29, 0.717) is 25.7 Å². The van der Waals surface area contributed by atoms with Gasteiger partial charge in [0.1, 0.15) is 5.60 Å². The monoisotopic (exact) mass is 382 g/mol. The van der Waals surface area contributed by atoms with Crippen molar-refractivity contribution in [1.29, 1.82) is 0 Å². The molecule has 0 spiro atoms. The lowest BCUT2D eigenvalue weighted by Gasteiger charge is -2.23. The van der Waals surface area contributed by atoms with Crippen LogP contribution in [-0.2, 0) is 14.3 Å². The summed E-state index contributed by atoms with van der Waals surface area (Å²) in [5.41, 5.74) is 6.75. The van der Waals surface area contributed by atoms with E-state index in [4.69, 9.17) is 20.7 Å². The smallest absolute Gasteiger partial charge is 0.407 e. The highest BCUT2D eigenvalue weighted by Gasteiger charge is 2.36. The molecule has 2 saturated carbocycles. The van der Waals surface area contributed by atoms with E-state index in [1.807, 2.05) is 0 Å². The number of carboxylic acid groups (broad SMARTS) is 2. The maximum atomic E-state index is 11.5. The first-order chi connectivity index (χ1) is 12.3. The molecule has 0 radical (unpaired) electrons. The second-order valence-corrected chi connectivity index (χ2v) is 8.12. The van der Waals surface area contributed by atoms with Crippen LogP contribution < -0.4 is 11.1 Å². The van der Waals surface area contributed by atoms with E-state index < -0.39 is 41.5 Å². The molecule has 0 aliphatic heterocycles. The Balaban J connectivity index is 0.000000309. The van der Waals surface area contributed by atoms with Crippen molar-refractivity contribution in [2.24, 2.45) is 17.6 Å². The molecule has 0 saturated heterocycles. The Kier molecular flexibility index (Phi) is 7.59. The molecular formula is C19H30N2O6. The summed E-state index contributed by atoms with van der Waals surface area (Å²) in [6.45, 7) is 12.7. The molecule has 2 fully saturated rings. The molecule has 27 heavy (non-hydrogen) atoms. The number of amides is 1. The van der Waals surface area contributed by atoms with Crippen molar-refractivity contribution >= 4 is 18.0 Å². The number of alkyl carbamates (subject to hydrolysis) is 1. The van der Waals surface area contributed by atoms with Gasteiger partial charge in [-0.2, -0.15) is 0 Å². The summed E-state index contributed by atoms with van der Waals surface area (Å²) in [5, 5.41) is 20.2. The minimum absolute atomic E-state index is 0.218. The van der Waals surface area contributed by atoms with Crippen molar-refractivity contribution in [3.8, 4) is 0 Å². The number of carboxylic acids is 2. The van der Waals surface area contributed by atoms with Gasteiger partial charge in [0.15, 0.2) is 0 Å². The normalized spacial score (nSPS) is 27.6. The molecular weight excluding hydrogens is 352 g/mol. The van der Waals surface area contributed by atoms with Crippen LogP contribution in [0.3, 0.4) is 0 Å². The zero-order chi connectivity index (χ0) is 20.9. The van der Waals surface area contributed by atoms with E-state index in [0.717, 1.165) is 11.1 Å². The number of hydrogen-bond donors (Lipinski definition) is 4. The van der Waals surface area contributed by atoms with Gasteiger partial charge in [-0.05, 0) is 46.5 Å². The van der Waals surface area contributed by atoms with Crippen molar-refractivity contribution < 1.29 is 29.3 Å². The first-order valence-electron chi connectivity index (χ1n) is 8.84. The molecule has 4 atom stereocenters. The molecule has 0 aromatic heterocycles. The minimum atomic E-state index is -0.912. The van der Waals surface area contributed by atoms with Crippen molar-refractivity contribution in [2.45, 2.75) is 64.1 Å². The van der Waals surface area contributed by atoms with Crippen LogP contribution >= 0.6 is 0 Å². The zero-order valence-electron chi connectivity index (χ0n) is 16.2. The molecule has 8 nitrogen and oxygen atoms in total. The number of nitrogens with one attached hydrogen (secondary N) is 1. The van der Waals surface area contributed by atoms with Gasteiger partial charge in [0.2, 0.25) is 0 Å². The summed E-state index contributed by atoms with van der Waals surface area (Å²) in [4.78, 5) is 33.0. The minimum Gasteiger partial charge on any atom is -0.481 e. The van der Waals surface area contributed by atoms with E-state index in [-0.39, 0.29) is 6.04 Å². The van der Waals surface area contributed by atoms with Gasteiger partial charge < -0.3 is 26.0 Å². The molecule has 0 bridgehead atoms. The van der Waals surface area contributed by atoms with E-state index in [2.05, 4.69) is 18.5 Å². The molecule has 0 heterocycles. The highest BCUT2D eigenvalue weighted by atomic mass is 16.6. The third kappa shape index (κ3) is 7.42. The standard InChI is InChI=1S/C12H19NO4.C7H11NO2/c1-7-5-8(10(14)15)9(6-7)13-11(16)17-12(2,3)4;1-4-2-5(7(9)10)6(8)3-4/h8-9H,1,5-6H2,2-4H3,(H,13,16)(H,14,15);5-6H,1-3,8H2,(H,9,10)/t8-,9+;5-,6+/m11/s1. The third-order valence-corrected chi connectivity index (χ3v) is 4.39. The second-order valence-electron chi connectivity index (χ2n) is 8.12. The molecule has 1 amide bonds. The maximum Gasteiger partial charge on any atom is 0.407 e. The Morgan fingerprint density at radius 3 is 1.85 bits per heavy atom. The highest BCUT2D eigenvalue weighted by Crippen LogP contribution is 2.30. The summed E-state index contributed by atoms with van der Waals surface area (Å²) in [7, 11) is 0. The summed E-state index contributed by atoms with van der Waals surface area (Å²) in [6.07, 6.45) is 1.54. The SMILES string of the molecule is C=C1C[C@H](N)[C@H](C(=O)O)C1.C=C1C[C@H](NC(=O)OC(C)(C)C)[C@H](C(=O)O)C1. The molecule has 2 aliphatic rings. The van der Waals surface area contributed by atoms with E-state index in [9.17, 15) is 14.4 Å². The largest absolute Gasteiger partial charge is 0.481 e. The van der Waals surface area contributed by atoms with Crippen molar-refractivity contribution in [3.05, 3.63) is 24.3 Å². The first-order valence-corrected chi connectivity index (χ1v) is 8.84. The lowest BCUT2D eigenvalue weighted by molar-refractivity contribution is -0.142. The molecule has 0 unspecified atom stereocenters. The predicted octanol–water partition coefficient (Wildman–Crippen LogP) is 2.29. The number of rotatable bonds is 3. The lowest BCUT2D eigenvalue weighted by atomic mass is 10.0. The number of nitrogens with two attached hydrogens (primary N) is 1. The zero-order valence-corrected chi connectivity index (χ0v) is 16.2. The summed E-state index contributed by atoms with van der Waals surface area (Å²) in [6, 6.07) is -0.639. The topological polar surface area (TPSA) is 139 Å². The first kappa shape index (κ1) is 22.7. The molecule has 0 aromatic carbocycles. The van der Waals surface area contributed by atoms with Gasteiger partial charge in [0.05, 0.1) is 11.8 Å². The number of carbonyl (C=O) groups excluding carboxylic acids is 1. The average Bonchev–Trinajstić information content (AvgIpc) is 2.99. The van der Waals surface area contributed by atoms with E-state index in [1.54, 1.807) is 20.8 Å². The Labute approximate surface area is 159 Å². The van der Waals surface area contributed by atoms with Gasteiger partial charge >= 0.3 is 18.0 Å². The fourth-order valence-corrected chi connectivity index (χ4v) is 3.15. The number of carbonyl (C=O) groups is 3. The van der Waals surface area contributed by atoms with Crippen LogP contribution in [0.25, 0.3) is 0 Å². The number of aliphatic carboxylic acids is 2. The Bertz CT molecular complexity index is 622. The van der Waals surface area contributed by atoms with Gasteiger partial charge in [-0.25, -0.2) is 4.79 Å². The summed E-state index contributed by atoms with van der Waals surface area (Å²) >= 11 is 0. The number of ether oxygens (including phenoxy) is 1.